The molecule has 9 nitrogen and oxygen atoms in total. The lowest BCUT2D eigenvalue weighted by Crippen LogP contribution is -2.45. The van der Waals surface area contributed by atoms with Crippen molar-refractivity contribution < 1.29 is 37.2 Å². The zero-order valence-corrected chi connectivity index (χ0v) is 17.5. The highest BCUT2D eigenvalue weighted by atomic mass is 19.4. The highest BCUT2D eigenvalue weighted by molar-refractivity contribution is 5.97. The van der Waals surface area contributed by atoms with Crippen molar-refractivity contribution in [3.05, 3.63) is 69.8 Å². The molecule has 0 saturated carbocycles. The third-order valence-corrected chi connectivity index (χ3v) is 4.38. The lowest BCUT2D eigenvalue weighted by atomic mass is 10.0. The third kappa shape index (κ3) is 7.02. The van der Waals surface area contributed by atoms with E-state index in [4.69, 9.17) is 4.74 Å². The number of ether oxygens (including phenoxy) is 1. The SMILES string of the molecule is CC(C)C(NC(=O)c1ccccc1)C(=O)OCC(=O)Nc1ccc([N+](=O)[O-])cc1C(F)(F)F. The van der Waals surface area contributed by atoms with E-state index in [-0.39, 0.29) is 6.07 Å². The summed E-state index contributed by atoms with van der Waals surface area (Å²) < 4.78 is 44.5. The number of nitrogens with zero attached hydrogens (tertiary/aromatic N) is 1. The Balaban J connectivity index is 2.05. The van der Waals surface area contributed by atoms with E-state index in [9.17, 15) is 37.7 Å². The topological polar surface area (TPSA) is 128 Å². The van der Waals surface area contributed by atoms with Crippen LogP contribution in [-0.4, -0.2) is 35.4 Å². The average molecular weight is 467 g/mol. The molecule has 2 amide bonds. The first-order chi connectivity index (χ1) is 15.4. The quantitative estimate of drug-likeness (QED) is 0.347. The fourth-order valence-corrected chi connectivity index (χ4v) is 2.71. The van der Waals surface area contributed by atoms with Crippen LogP contribution in [0, 0.1) is 16.0 Å². The first kappa shape index (κ1) is 25.3. The molecule has 0 heterocycles. The van der Waals surface area contributed by atoms with Crippen LogP contribution in [0.3, 0.4) is 0 Å². The first-order valence-corrected chi connectivity index (χ1v) is 9.58. The molecular weight excluding hydrogens is 447 g/mol. The minimum atomic E-state index is -4.98. The molecule has 2 aromatic carbocycles. The number of hydrogen-bond donors (Lipinski definition) is 2. The van der Waals surface area contributed by atoms with Crippen molar-refractivity contribution in [2.75, 3.05) is 11.9 Å². The van der Waals surface area contributed by atoms with E-state index in [0.717, 1.165) is 12.1 Å². The molecule has 1 unspecified atom stereocenters. The molecule has 0 spiro atoms. The summed E-state index contributed by atoms with van der Waals surface area (Å²) in [6, 6.07) is 8.75. The Morgan fingerprint density at radius 3 is 2.27 bits per heavy atom. The van der Waals surface area contributed by atoms with Crippen LogP contribution in [0.5, 0.6) is 0 Å². The Labute approximate surface area is 186 Å². The number of carbonyl (C=O) groups excluding carboxylic acids is 3. The van der Waals surface area contributed by atoms with Crippen molar-refractivity contribution in [2.24, 2.45) is 5.92 Å². The first-order valence-electron chi connectivity index (χ1n) is 9.58. The maximum atomic E-state index is 13.2. The van der Waals surface area contributed by atoms with Gasteiger partial charge < -0.3 is 15.4 Å². The van der Waals surface area contributed by atoms with Gasteiger partial charge in [0.1, 0.15) is 6.04 Å². The number of esters is 1. The van der Waals surface area contributed by atoms with Crippen molar-refractivity contribution in [1.29, 1.82) is 0 Å². The number of alkyl halides is 3. The number of nitro benzene ring substituents is 1. The van der Waals surface area contributed by atoms with E-state index in [1.165, 1.54) is 12.1 Å². The zero-order valence-electron chi connectivity index (χ0n) is 17.5. The monoisotopic (exact) mass is 467 g/mol. The molecule has 0 aliphatic heterocycles. The summed E-state index contributed by atoms with van der Waals surface area (Å²) in [4.78, 5) is 46.5. The number of benzene rings is 2. The highest BCUT2D eigenvalue weighted by Crippen LogP contribution is 2.37. The van der Waals surface area contributed by atoms with E-state index in [1.807, 2.05) is 5.32 Å². The molecule has 0 aliphatic carbocycles. The number of halogens is 3. The average Bonchev–Trinajstić information content (AvgIpc) is 2.75. The Bertz CT molecular complexity index is 1040. The lowest BCUT2D eigenvalue weighted by molar-refractivity contribution is -0.385. The van der Waals surface area contributed by atoms with Crippen LogP contribution in [0.25, 0.3) is 0 Å². The summed E-state index contributed by atoms with van der Waals surface area (Å²) in [6.45, 7) is 2.32. The number of anilines is 1. The predicted octanol–water partition coefficient (Wildman–Crippen LogP) is 3.55. The van der Waals surface area contributed by atoms with Crippen molar-refractivity contribution >= 4 is 29.2 Å². The van der Waals surface area contributed by atoms with Gasteiger partial charge in [0.2, 0.25) is 0 Å². The van der Waals surface area contributed by atoms with Crippen LogP contribution < -0.4 is 10.6 Å². The number of nitrogens with one attached hydrogen (secondary N) is 2. The van der Waals surface area contributed by atoms with Crippen LogP contribution in [0.2, 0.25) is 0 Å². The molecule has 0 bridgehead atoms. The number of carbonyl (C=O) groups is 3. The van der Waals surface area contributed by atoms with Crippen molar-refractivity contribution in [1.82, 2.24) is 5.32 Å². The number of amides is 2. The van der Waals surface area contributed by atoms with Gasteiger partial charge >= 0.3 is 12.1 Å². The normalized spacial score (nSPS) is 12.1. The summed E-state index contributed by atoms with van der Waals surface area (Å²) in [5.74, 6) is -3.01. The van der Waals surface area contributed by atoms with E-state index in [2.05, 4.69) is 5.32 Å². The number of nitro groups is 1. The van der Waals surface area contributed by atoms with Crippen LogP contribution >= 0.6 is 0 Å². The van der Waals surface area contributed by atoms with Crippen molar-refractivity contribution in [3.8, 4) is 0 Å². The molecule has 0 saturated heterocycles. The zero-order chi connectivity index (χ0) is 24.8. The molecular formula is C21H20F3N3O6. The Kier molecular flexibility index (Phi) is 8.10. The van der Waals surface area contributed by atoms with Gasteiger partial charge in [-0.25, -0.2) is 4.79 Å². The van der Waals surface area contributed by atoms with Gasteiger partial charge in [0.25, 0.3) is 17.5 Å². The van der Waals surface area contributed by atoms with Gasteiger partial charge in [0.15, 0.2) is 6.61 Å². The summed E-state index contributed by atoms with van der Waals surface area (Å²) >= 11 is 0. The molecule has 0 aliphatic rings. The molecule has 176 valence electrons. The van der Waals surface area contributed by atoms with Crippen LogP contribution in [-0.2, 0) is 20.5 Å². The maximum Gasteiger partial charge on any atom is 0.418 e. The second-order valence-electron chi connectivity index (χ2n) is 7.20. The molecule has 0 aromatic heterocycles. The minimum absolute atomic E-state index is 0.287. The van der Waals surface area contributed by atoms with Gasteiger partial charge in [-0.3, -0.25) is 19.7 Å². The summed E-state index contributed by atoms with van der Waals surface area (Å²) in [5.41, 5.74) is -2.66. The van der Waals surface area contributed by atoms with E-state index in [0.29, 0.717) is 5.56 Å². The number of hydrogen-bond acceptors (Lipinski definition) is 6. The Hall–Kier alpha value is -3.96. The number of rotatable bonds is 8. The second kappa shape index (κ2) is 10.6. The van der Waals surface area contributed by atoms with Crippen LogP contribution in [0.15, 0.2) is 48.5 Å². The van der Waals surface area contributed by atoms with Gasteiger partial charge in [0, 0.05) is 17.7 Å². The third-order valence-electron chi connectivity index (χ3n) is 4.38. The van der Waals surface area contributed by atoms with Gasteiger partial charge in [-0.05, 0) is 24.1 Å². The second-order valence-corrected chi connectivity index (χ2v) is 7.20. The molecule has 0 radical (unpaired) electrons. The molecule has 0 fully saturated rings. The van der Waals surface area contributed by atoms with E-state index < -0.39 is 64.4 Å². The summed E-state index contributed by atoms with van der Waals surface area (Å²) in [5, 5.41) is 15.2. The molecule has 2 N–H and O–H groups in total. The van der Waals surface area contributed by atoms with E-state index in [1.54, 1.807) is 32.0 Å². The Morgan fingerprint density at radius 1 is 1.09 bits per heavy atom. The molecule has 12 heteroatoms. The largest absolute Gasteiger partial charge is 0.454 e. The van der Waals surface area contributed by atoms with Gasteiger partial charge in [0.05, 0.1) is 16.2 Å². The molecule has 1 atom stereocenters. The van der Waals surface area contributed by atoms with Gasteiger partial charge in [-0.1, -0.05) is 32.0 Å². The fraction of sp³-hybridized carbons (Fsp3) is 0.286. The highest BCUT2D eigenvalue weighted by Gasteiger charge is 2.36. The van der Waals surface area contributed by atoms with Crippen LogP contribution in [0.4, 0.5) is 24.5 Å². The molecule has 33 heavy (non-hydrogen) atoms. The van der Waals surface area contributed by atoms with Crippen molar-refractivity contribution in [2.45, 2.75) is 26.1 Å². The van der Waals surface area contributed by atoms with E-state index >= 15 is 0 Å². The molecule has 2 aromatic rings. The lowest BCUT2D eigenvalue weighted by Gasteiger charge is -2.21. The molecule has 2 rings (SSSR count). The minimum Gasteiger partial charge on any atom is -0.454 e. The smallest absolute Gasteiger partial charge is 0.418 e. The van der Waals surface area contributed by atoms with Gasteiger partial charge in [-0.15, -0.1) is 0 Å². The van der Waals surface area contributed by atoms with Crippen molar-refractivity contribution in [3.63, 3.8) is 0 Å². The number of non-ortho nitro benzene ring substituents is 1. The fourth-order valence-electron chi connectivity index (χ4n) is 2.71. The van der Waals surface area contributed by atoms with Crippen LogP contribution in [0.1, 0.15) is 29.8 Å². The summed E-state index contributed by atoms with van der Waals surface area (Å²) in [6.07, 6.45) is -4.98. The standard InChI is InChI=1S/C21H20F3N3O6/c1-12(2)18(26-19(29)13-6-4-3-5-7-13)20(30)33-11-17(28)25-16-9-8-14(27(31)32)10-15(16)21(22,23)24/h3-10,12,18H,11H2,1-2H3,(H,25,28)(H,26,29). The predicted molar refractivity (Wildman–Crippen MR) is 110 cm³/mol. The Morgan fingerprint density at radius 2 is 1.73 bits per heavy atom. The maximum absolute atomic E-state index is 13.2. The van der Waals surface area contributed by atoms with Gasteiger partial charge in [-0.2, -0.15) is 13.2 Å². The summed E-state index contributed by atoms with van der Waals surface area (Å²) in [7, 11) is 0.